The maximum atomic E-state index is 4.68. The standard InChI is InChI=1S/C40H30N6/c1-5-13-31(14-6-1)37-41-43-39(45(37)35-17-9-3-10-18-35)33-25-21-29(22-26-33)30-23-27-34(28-24-30)40-44-42-38(32-15-7-2-8-16-32)46(40)36-19-11-4-12-20-36/h1-7,9-15,17-28H,8,16H2. The minimum atomic E-state index is 0.798. The number of nitrogens with zero attached hydrogens (tertiary/aromatic N) is 6. The quantitative estimate of drug-likeness (QED) is 0.185. The van der Waals surface area contributed by atoms with Crippen LogP contribution in [0.15, 0.2) is 158 Å². The van der Waals surface area contributed by atoms with Gasteiger partial charge in [0.15, 0.2) is 23.3 Å². The summed E-state index contributed by atoms with van der Waals surface area (Å²) in [6.45, 7) is 0. The average molecular weight is 595 g/mol. The van der Waals surface area contributed by atoms with Crippen molar-refractivity contribution in [3.05, 3.63) is 164 Å². The van der Waals surface area contributed by atoms with Gasteiger partial charge in [-0.1, -0.05) is 133 Å². The summed E-state index contributed by atoms with van der Waals surface area (Å²) in [7, 11) is 0. The number of aromatic nitrogens is 6. The van der Waals surface area contributed by atoms with E-state index in [1.165, 1.54) is 5.57 Å². The second kappa shape index (κ2) is 12.1. The van der Waals surface area contributed by atoms with Crippen molar-refractivity contribution in [1.29, 1.82) is 0 Å². The molecule has 0 spiro atoms. The van der Waals surface area contributed by atoms with Gasteiger partial charge < -0.3 is 0 Å². The lowest BCUT2D eigenvalue weighted by Crippen LogP contribution is -2.03. The van der Waals surface area contributed by atoms with Crippen LogP contribution in [0.1, 0.15) is 18.7 Å². The molecule has 0 bridgehead atoms. The van der Waals surface area contributed by atoms with Crippen molar-refractivity contribution in [3.63, 3.8) is 0 Å². The van der Waals surface area contributed by atoms with E-state index in [2.05, 4.69) is 145 Å². The van der Waals surface area contributed by atoms with Crippen LogP contribution in [0.3, 0.4) is 0 Å². The number of rotatable bonds is 7. The maximum absolute atomic E-state index is 4.68. The summed E-state index contributed by atoms with van der Waals surface area (Å²) in [5.74, 6) is 3.33. The lowest BCUT2D eigenvalue weighted by molar-refractivity contribution is 0.964. The molecule has 0 aliphatic heterocycles. The molecule has 0 fully saturated rings. The lowest BCUT2D eigenvalue weighted by atomic mass is 10.0. The molecule has 6 nitrogen and oxygen atoms in total. The van der Waals surface area contributed by atoms with Crippen LogP contribution in [0.25, 0.3) is 62.2 Å². The first-order valence-electron chi connectivity index (χ1n) is 15.5. The van der Waals surface area contributed by atoms with Gasteiger partial charge in [-0.05, 0) is 53.8 Å². The molecule has 2 aromatic heterocycles. The van der Waals surface area contributed by atoms with E-state index in [1.54, 1.807) is 0 Å². The van der Waals surface area contributed by atoms with Crippen LogP contribution in [-0.2, 0) is 0 Å². The van der Waals surface area contributed by atoms with E-state index < -0.39 is 0 Å². The summed E-state index contributed by atoms with van der Waals surface area (Å²) in [4.78, 5) is 0. The molecule has 0 unspecified atom stereocenters. The third-order valence-corrected chi connectivity index (χ3v) is 8.31. The number of para-hydroxylation sites is 2. The third-order valence-electron chi connectivity index (χ3n) is 8.31. The first kappa shape index (κ1) is 27.4. The summed E-state index contributed by atoms with van der Waals surface area (Å²) < 4.78 is 4.29. The van der Waals surface area contributed by atoms with Crippen LogP contribution in [-0.4, -0.2) is 29.5 Å². The van der Waals surface area contributed by atoms with Crippen molar-refractivity contribution in [1.82, 2.24) is 29.5 Å². The van der Waals surface area contributed by atoms with E-state index in [0.717, 1.165) is 75.3 Å². The Morgan fingerprint density at radius 2 is 0.783 bits per heavy atom. The van der Waals surface area contributed by atoms with Gasteiger partial charge in [-0.3, -0.25) is 9.13 Å². The fourth-order valence-corrected chi connectivity index (χ4v) is 5.98. The molecule has 0 atom stereocenters. The van der Waals surface area contributed by atoms with Crippen molar-refractivity contribution in [2.75, 3.05) is 0 Å². The van der Waals surface area contributed by atoms with Crippen LogP contribution in [0.5, 0.6) is 0 Å². The Morgan fingerprint density at radius 1 is 0.391 bits per heavy atom. The van der Waals surface area contributed by atoms with Crippen molar-refractivity contribution >= 4 is 5.57 Å². The molecule has 46 heavy (non-hydrogen) atoms. The van der Waals surface area contributed by atoms with E-state index in [4.69, 9.17) is 0 Å². The van der Waals surface area contributed by atoms with Crippen LogP contribution in [0.4, 0.5) is 0 Å². The molecule has 6 heteroatoms. The zero-order valence-electron chi connectivity index (χ0n) is 25.1. The zero-order chi connectivity index (χ0) is 30.7. The number of benzene rings is 5. The second-order valence-electron chi connectivity index (χ2n) is 11.2. The minimum Gasteiger partial charge on any atom is -0.275 e. The highest BCUT2D eigenvalue weighted by Gasteiger charge is 2.20. The van der Waals surface area contributed by atoms with Gasteiger partial charge in [-0.15, -0.1) is 20.4 Å². The molecule has 0 radical (unpaired) electrons. The molecule has 8 rings (SSSR count). The first-order chi connectivity index (χ1) is 22.8. The van der Waals surface area contributed by atoms with Gasteiger partial charge in [0.25, 0.3) is 0 Å². The SMILES string of the molecule is C1=CCCC(c2nnc(-c3ccc(-c4ccc(-c5nnc(-c6ccccc6)n5-c5ccccc5)cc4)cc3)n2-c2ccccc2)=C1. The number of hydrogen-bond donors (Lipinski definition) is 0. The highest BCUT2D eigenvalue weighted by Crippen LogP contribution is 2.33. The molecular weight excluding hydrogens is 564 g/mol. The average Bonchev–Trinajstić information content (AvgIpc) is 3.79. The Balaban J connectivity index is 1.12. The summed E-state index contributed by atoms with van der Waals surface area (Å²) >= 11 is 0. The first-order valence-corrected chi connectivity index (χ1v) is 15.5. The normalized spacial score (nSPS) is 12.7. The van der Waals surface area contributed by atoms with E-state index in [9.17, 15) is 0 Å². The second-order valence-corrected chi connectivity index (χ2v) is 11.2. The van der Waals surface area contributed by atoms with Crippen LogP contribution < -0.4 is 0 Å². The van der Waals surface area contributed by atoms with Gasteiger partial charge >= 0.3 is 0 Å². The molecule has 7 aromatic rings. The zero-order valence-corrected chi connectivity index (χ0v) is 25.1. The van der Waals surface area contributed by atoms with E-state index >= 15 is 0 Å². The fraction of sp³-hybridized carbons (Fsp3) is 0.0500. The molecule has 2 heterocycles. The van der Waals surface area contributed by atoms with Gasteiger partial charge in [0.05, 0.1) is 0 Å². The monoisotopic (exact) mass is 594 g/mol. The minimum absolute atomic E-state index is 0.798. The van der Waals surface area contributed by atoms with Crippen molar-refractivity contribution < 1.29 is 0 Å². The van der Waals surface area contributed by atoms with Crippen LogP contribution in [0.2, 0.25) is 0 Å². The summed E-state index contributed by atoms with van der Waals surface area (Å²) in [6, 6.07) is 47.9. The van der Waals surface area contributed by atoms with Gasteiger partial charge in [0, 0.05) is 28.1 Å². The van der Waals surface area contributed by atoms with E-state index in [0.29, 0.717) is 0 Å². The van der Waals surface area contributed by atoms with E-state index in [-0.39, 0.29) is 0 Å². The molecule has 5 aromatic carbocycles. The molecule has 0 saturated heterocycles. The molecule has 0 saturated carbocycles. The molecule has 220 valence electrons. The van der Waals surface area contributed by atoms with Gasteiger partial charge in [0.2, 0.25) is 0 Å². The molecule has 0 amide bonds. The van der Waals surface area contributed by atoms with Crippen LogP contribution >= 0.6 is 0 Å². The Bertz CT molecular complexity index is 2160. The highest BCUT2D eigenvalue weighted by atomic mass is 15.3. The number of allylic oxidation sites excluding steroid dienone is 4. The molecule has 1 aliphatic carbocycles. The summed E-state index contributed by atoms with van der Waals surface area (Å²) in [5.41, 5.74) is 8.53. The van der Waals surface area contributed by atoms with Crippen molar-refractivity contribution in [3.8, 4) is 56.7 Å². The Labute approximate surface area is 267 Å². The largest absolute Gasteiger partial charge is 0.275 e. The molecule has 0 N–H and O–H groups in total. The van der Waals surface area contributed by atoms with Crippen molar-refractivity contribution in [2.24, 2.45) is 0 Å². The van der Waals surface area contributed by atoms with Gasteiger partial charge in [-0.2, -0.15) is 0 Å². The third kappa shape index (κ3) is 5.16. The van der Waals surface area contributed by atoms with Crippen molar-refractivity contribution in [2.45, 2.75) is 12.8 Å². The summed E-state index contributed by atoms with van der Waals surface area (Å²) in [5, 5.41) is 18.6. The summed E-state index contributed by atoms with van der Waals surface area (Å²) in [6.07, 6.45) is 8.40. The van der Waals surface area contributed by atoms with Crippen LogP contribution in [0, 0.1) is 0 Å². The van der Waals surface area contributed by atoms with E-state index in [1.807, 2.05) is 42.5 Å². The lowest BCUT2D eigenvalue weighted by Gasteiger charge is -2.14. The molecular formula is C40H30N6. The fourth-order valence-electron chi connectivity index (χ4n) is 5.98. The Hall–Kier alpha value is -6.14. The molecule has 1 aliphatic rings. The van der Waals surface area contributed by atoms with Gasteiger partial charge in [-0.25, -0.2) is 0 Å². The maximum Gasteiger partial charge on any atom is 0.168 e. The smallest absolute Gasteiger partial charge is 0.168 e. The highest BCUT2D eigenvalue weighted by molar-refractivity contribution is 5.74. The predicted octanol–water partition coefficient (Wildman–Crippen LogP) is 9.25. The number of hydrogen-bond acceptors (Lipinski definition) is 4. The Morgan fingerprint density at radius 3 is 1.24 bits per heavy atom. The predicted molar refractivity (Wildman–Crippen MR) is 184 cm³/mol. The topological polar surface area (TPSA) is 61.4 Å². The Kier molecular flexibility index (Phi) is 7.21. The van der Waals surface area contributed by atoms with Gasteiger partial charge in [0.1, 0.15) is 0 Å².